The molecule has 182 valence electrons. The Bertz CT molecular complexity index is 824. The lowest BCUT2D eigenvalue weighted by Crippen LogP contribution is -2.29. The van der Waals surface area contributed by atoms with E-state index in [2.05, 4.69) is 5.43 Å². The molecule has 0 fully saturated rings. The average molecular weight is 461 g/mol. The van der Waals surface area contributed by atoms with Crippen LogP contribution in [0.2, 0.25) is 0 Å². The lowest BCUT2D eigenvalue weighted by Gasteiger charge is -2.11. The zero-order valence-corrected chi connectivity index (χ0v) is 20.2. The molecule has 0 heterocycles. The first-order valence-electron chi connectivity index (χ1n) is 10.7. The van der Waals surface area contributed by atoms with Crippen LogP contribution in [0, 0.1) is 0 Å². The minimum absolute atomic E-state index is 0.299. The number of carbonyl (C=O) groups is 2. The third kappa shape index (κ3) is 11.9. The van der Waals surface area contributed by atoms with Gasteiger partial charge in [0.15, 0.2) is 0 Å². The fraction of sp³-hybridized carbons (Fsp3) is 0.417. The van der Waals surface area contributed by atoms with Gasteiger partial charge in [0.1, 0.15) is 24.7 Å². The van der Waals surface area contributed by atoms with Gasteiger partial charge in [-0.3, -0.25) is 10.2 Å². The summed E-state index contributed by atoms with van der Waals surface area (Å²) in [6.07, 6.45) is 0. The summed E-state index contributed by atoms with van der Waals surface area (Å²) < 4.78 is 15.9. The van der Waals surface area contributed by atoms with E-state index in [1.54, 1.807) is 55.5 Å². The monoisotopic (exact) mass is 460 g/mol. The van der Waals surface area contributed by atoms with Gasteiger partial charge in [0.2, 0.25) is 0 Å². The normalized spacial score (nSPS) is 10.3. The van der Waals surface area contributed by atoms with E-state index in [1.165, 1.54) is 0 Å². The largest absolute Gasteiger partial charge is 0.492 e. The molecule has 0 aliphatic rings. The maximum Gasteiger partial charge on any atom is 0.338 e. The molecule has 0 spiro atoms. The number of hydrogen-bond donors (Lipinski definition) is 2. The second-order valence-corrected chi connectivity index (χ2v) is 7.55. The van der Waals surface area contributed by atoms with Crippen LogP contribution in [0.3, 0.4) is 0 Å². The summed E-state index contributed by atoms with van der Waals surface area (Å²) in [6.45, 7) is 5.14. The molecule has 0 radical (unpaired) electrons. The Morgan fingerprint density at radius 3 is 1.58 bits per heavy atom. The average Bonchev–Trinajstić information content (AvgIpc) is 2.79. The van der Waals surface area contributed by atoms with Crippen LogP contribution in [0.4, 0.5) is 0 Å². The number of benzene rings is 2. The Hall–Kier alpha value is -3.14. The molecule has 2 rings (SSSR count). The second kappa shape index (κ2) is 15.6. The van der Waals surface area contributed by atoms with E-state index in [-0.39, 0.29) is 11.9 Å². The number of esters is 1. The molecule has 1 amide bonds. The summed E-state index contributed by atoms with van der Waals surface area (Å²) in [5.74, 6) is 5.92. The number of nitrogens with one attached hydrogen (secondary N) is 1. The number of amides is 1. The van der Waals surface area contributed by atoms with E-state index in [0.717, 1.165) is 24.6 Å². The van der Waals surface area contributed by atoms with Crippen LogP contribution in [0.5, 0.6) is 11.5 Å². The van der Waals surface area contributed by atoms with Gasteiger partial charge < -0.3 is 24.0 Å². The summed E-state index contributed by atoms with van der Waals surface area (Å²) >= 11 is 0. The Morgan fingerprint density at radius 1 is 0.788 bits per heavy atom. The van der Waals surface area contributed by atoms with Crippen LogP contribution in [0.15, 0.2) is 48.5 Å². The maximum atomic E-state index is 11.4. The second-order valence-electron chi connectivity index (χ2n) is 7.55. The predicted octanol–water partition coefficient (Wildman–Crippen LogP) is 2.03. The van der Waals surface area contributed by atoms with Crippen molar-refractivity contribution in [3.05, 3.63) is 59.7 Å². The molecule has 0 bridgehead atoms. The van der Waals surface area contributed by atoms with Crippen molar-refractivity contribution in [1.29, 1.82) is 0 Å². The van der Waals surface area contributed by atoms with Crippen molar-refractivity contribution < 1.29 is 23.8 Å². The molecule has 0 atom stereocenters. The SMILES string of the molecule is CCOC(=O)c1ccc(OCCN(C)C)cc1.CN(C)CCOc1ccc(C(=O)NN)cc1. The molecule has 0 aliphatic heterocycles. The predicted molar refractivity (Wildman–Crippen MR) is 129 cm³/mol. The molecule has 0 unspecified atom stereocenters. The summed E-state index contributed by atoms with van der Waals surface area (Å²) in [7, 11) is 7.95. The standard InChI is InChI=1S/C13H19NO3.C11H17N3O2/c1-4-16-13(15)11-5-7-12(8-6-11)17-10-9-14(2)3;1-14(2)7-8-16-10-5-3-9(4-6-10)11(15)13-12/h5-8H,4,9-10H2,1-3H3;3-6H,7-8,12H2,1-2H3,(H,13,15). The smallest absolute Gasteiger partial charge is 0.338 e. The first-order chi connectivity index (χ1) is 15.8. The van der Waals surface area contributed by atoms with Crippen molar-refractivity contribution in [3.8, 4) is 11.5 Å². The van der Waals surface area contributed by atoms with Gasteiger partial charge in [0.05, 0.1) is 12.2 Å². The highest BCUT2D eigenvalue weighted by molar-refractivity contribution is 5.93. The first-order valence-corrected chi connectivity index (χ1v) is 10.7. The van der Waals surface area contributed by atoms with Crippen LogP contribution < -0.4 is 20.7 Å². The lowest BCUT2D eigenvalue weighted by atomic mass is 10.2. The van der Waals surface area contributed by atoms with E-state index in [4.69, 9.17) is 20.1 Å². The van der Waals surface area contributed by atoms with Crippen molar-refractivity contribution in [3.63, 3.8) is 0 Å². The van der Waals surface area contributed by atoms with E-state index in [9.17, 15) is 9.59 Å². The molecule has 9 heteroatoms. The number of likely N-dealkylation sites (N-methyl/N-ethyl adjacent to an activating group) is 2. The highest BCUT2D eigenvalue weighted by atomic mass is 16.5. The fourth-order valence-corrected chi connectivity index (χ4v) is 2.38. The van der Waals surface area contributed by atoms with E-state index in [1.807, 2.05) is 38.0 Å². The number of nitrogens with two attached hydrogens (primary N) is 1. The Balaban J connectivity index is 0.000000331. The Labute approximate surface area is 196 Å². The molecular weight excluding hydrogens is 424 g/mol. The van der Waals surface area contributed by atoms with Crippen molar-refractivity contribution in [1.82, 2.24) is 15.2 Å². The highest BCUT2D eigenvalue weighted by Gasteiger charge is 2.06. The molecule has 0 aliphatic carbocycles. The van der Waals surface area contributed by atoms with Crippen molar-refractivity contribution in [2.24, 2.45) is 5.84 Å². The van der Waals surface area contributed by atoms with E-state index >= 15 is 0 Å². The number of nitrogens with zero attached hydrogens (tertiary/aromatic N) is 2. The fourth-order valence-electron chi connectivity index (χ4n) is 2.38. The van der Waals surface area contributed by atoms with Crippen LogP contribution >= 0.6 is 0 Å². The first kappa shape index (κ1) is 27.9. The van der Waals surface area contributed by atoms with Gasteiger partial charge >= 0.3 is 5.97 Å². The van der Waals surface area contributed by atoms with Crippen LogP contribution in [-0.4, -0.2) is 82.8 Å². The molecule has 0 saturated heterocycles. The molecule has 3 N–H and O–H groups in total. The van der Waals surface area contributed by atoms with Crippen molar-refractivity contribution in [2.45, 2.75) is 6.92 Å². The van der Waals surface area contributed by atoms with Crippen LogP contribution in [0.1, 0.15) is 27.6 Å². The third-order valence-corrected chi connectivity index (χ3v) is 4.23. The Morgan fingerprint density at radius 2 is 1.21 bits per heavy atom. The van der Waals surface area contributed by atoms with Crippen molar-refractivity contribution >= 4 is 11.9 Å². The van der Waals surface area contributed by atoms with Gasteiger partial charge in [-0.15, -0.1) is 0 Å². The zero-order valence-electron chi connectivity index (χ0n) is 20.2. The van der Waals surface area contributed by atoms with E-state index in [0.29, 0.717) is 30.9 Å². The lowest BCUT2D eigenvalue weighted by molar-refractivity contribution is 0.0526. The Kier molecular flexibility index (Phi) is 13.2. The third-order valence-electron chi connectivity index (χ3n) is 4.23. The summed E-state index contributed by atoms with van der Waals surface area (Å²) in [4.78, 5) is 26.6. The van der Waals surface area contributed by atoms with Gasteiger partial charge in [-0.25, -0.2) is 10.6 Å². The number of hydrogen-bond acceptors (Lipinski definition) is 8. The number of rotatable bonds is 11. The molecule has 2 aromatic carbocycles. The summed E-state index contributed by atoms with van der Waals surface area (Å²) in [6, 6.07) is 13.8. The summed E-state index contributed by atoms with van der Waals surface area (Å²) in [5, 5.41) is 0. The quantitative estimate of drug-likeness (QED) is 0.227. The number of hydrazine groups is 1. The minimum Gasteiger partial charge on any atom is -0.492 e. The molecule has 2 aromatic rings. The molecule has 9 nitrogen and oxygen atoms in total. The van der Waals surface area contributed by atoms with Gasteiger partial charge in [-0.1, -0.05) is 0 Å². The minimum atomic E-state index is -0.306. The van der Waals surface area contributed by atoms with Gasteiger partial charge in [-0.2, -0.15) is 0 Å². The number of ether oxygens (including phenoxy) is 3. The van der Waals surface area contributed by atoms with Crippen LogP contribution in [-0.2, 0) is 4.74 Å². The highest BCUT2D eigenvalue weighted by Crippen LogP contribution is 2.13. The molecule has 33 heavy (non-hydrogen) atoms. The zero-order chi connectivity index (χ0) is 24.6. The number of nitrogen functional groups attached to an aromatic ring is 1. The van der Waals surface area contributed by atoms with Crippen LogP contribution in [0.25, 0.3) is 0 Å². The molecule has 0 saturated carbocycles. The van der Waals surface area contributed by atoms with Gasteiger partial charge in [0, 0.05) is 18.7 Å². The topological polar surface area (TPSA) is 106 Å². The summed E-state index contributed by atoms with van der Waals surface area (Å²) in [5.41, 5.74) is 3.14. The molecule has 0 aromatic heterocycles. The number of carbonyl (C=O) groups excluding carboxylic acids is 2. The van der Waals surface area contributed by atoms with Gasteiger partial charge in [0.25, 0.3) is 5.91 Å². The van der Waals surface area contributed by atoms with E-state index < -0.39 is 0 Å². The molecular formula is C24H36N4O5. The van der Waals surface area contributed by atoms with Crippen molar-refractivity contribution in [2.75, 3.05) is 61.1 Å². The maximum absolute atomic E-state index is 11.4. The van der Waals surface area contributed by atoms with Gasteiger partial charge in [-0.05, 0) is 83.6 Å².